The lowest BCUT2D eigenvalue weighted by Crippen LogP contribution is -2.25. The minimum atomic E-state index is -0.142. The van der Waals surface area contributed by atoms with Crippen molar-refractivity contribution in [2.24, 2.45) is 0 Å². The fraction of sp³-hybridized carbons (Fsp3) is 0.455. The van der Waals surface area contributed by atoms with Crippen LogP contribution in [-0.2, 0) is 24.2 Å². The Morgan fingerprint density at radius 2 is 1.93 bits per heavy atom. The van der Waals surface area contributed by atoms with Crippen molar-refractivity contribution < 1.29 is 9.59 Å². The molecule has 0 saturated heterocycles. The zero-order valence-corrected chi connectivity index (χ0v) is 16.6. The number of fused-ring (bicyclic) bond motifs is 1. The maximum absolute atomic E-state index is 12.1. The van der Waals surface area contributed by atoms with Crippen LogP contribution in [0.3, 0.4) is 0 Å². The molecule has 2 aromatic rings. The molecular weight excluding hydrogens is 366 g/mol. The Kier molecular flexibility index (Phi) is 6.03. The molecule has 1 fully saturated rings. The third kappa shape index (κ3) is 5.31. The summed E-state index contributed by atoms with van der Waals surface area (Å²) in [5.41, 5.74) is 1.52. The van der Waals surface area contributed by atoms with Crippen LogP contribution in [0.4, 0.5) is 0 Å². The zero-order chi connectivity index (χ0) is 20.1. The number of aromatic nitrogens is 3. The van der Waals surface area contributed by atoms with E-state index in [9.17, 15) is 9.59 Å². The molecule has 0 atom stereocenters. The van der Waals surface area contributed by atoms with E-state index in [1.807, 2.05) is 12.1 Å². The molecule has 152 valence electrons. The van der Waals surface area contributed by atoms with Crippen molar-refractivity contribution in [3.8, 4) is 0 Å². The van der Waals surface area contributed by atoms with Gasteiger partial charge in [0.1, 0.15) is 11.6 Å². The molecule has 2 amide bonds. The Hall–Kier alpha value is -2.96. The van der Waals surface area contributed by atoms with E-state index >= 15 is 0 Å². The Balaban J connectivity index is 1.24. The van der Waals surface area contributed by atoms with Gasteiger partial charge in [-0.2, -0.15) is 0 Å². The molecule has 29 heavy (non-hydrogen) atoms. The van der Waals surface area contributed by atoms with E-state index in [4.69, 9.17) is 0 Å². The van der Waals surface area contributed by atoms with Gasteiger partial charge in [-0.15, -0.1) is 10.2 Å². The van der Waals surface area contributed by atoms with Crippen LogP contribution in [-0.4, -0.2) is 39.2 Å². The van der Waals surface area contributed by atoms with Crippen LogP contribution in [0.15, 0.2) is 30.3 Å². The van der Waals surface area contributed by atoms with Crippen LogP contribution in [0.5, 0.6) is 0 Å². The van der Waals surface area contributed by atoms with Gasteiger partial charge in [-0.3, -0.25) is 9.59 Å². The van der Waals surface area contributed by atoms with Crippen LogP contribution in [0.25, 0.3) is 6.08 Å². The summed E-state index contributed by atoms with van der Waals surface area (Å²) in [5.74, 6) is 1.84. The van der Waals surface area contributed by atoms with Crippen LogP contribution < -0.4 is 10.6 Å². The highest BCUT2D eigenvalue weighted by Crippen LogP contribution is 2.19. The molecule has 1 aromatic heterocycles. The summed E-state index contributed by atoms with van der Waals surface area (Å²) in [7, 11) is 0. The number of hydrogen-bond acceptors (Lipinski definition) is 4. The SMILES string of the molecule is O=C(/C=C/c1ccc(C(=O)NC2CC2)cc1)NCCc1nnc2n1CCCCC2. The summed E-state index contributed by atoms with van der Waals surface area (Å²) in [6, 6.07) is 7.60. The maximum atomic E-state index is 12.1. The van der Waals surface area contributed by atoms with Crippen molar-refractivity contribution in [1.82, 2.24) is 25.4 Å². The Labute approximate surface area is 170 Å². The lowest BCUT2D eigenvalue weighted by atomic mass is 10.1. The lowest BCUT2D eigenvalue weighted by Gasteiger charge is -2.07. The number of nitrogens with zero attached hydrogens (tertiary/aromatic N) is 3. The summed E-state index contributed by atoms with van der Waals surface area (Å²) < 4.78 is 2.20. The summed E-state index contributed by atoms with van der Waals surface area (Å²) in [6.07, 6.45) is 10.6. The third-order valence-corrected chi connectivity index (χ3v) is 5.35. The summed E-state index contributed by atoms with van der Waals surface area (Å²) in [4.78, 5) is 24.1. The third-order valence-electron chi connectivity index (χ3n) is 5.35. The molecule has 1 aromatic carbocycles. The van der Waals surface area contributed by atoms with E-state index in [1.54, 1.807) is 18.2 Å². The minimum absolute atomic E-state index is 0.0351. The fourth-order valence-corrected chi connectivity index (χ4v) is 3.50. The standard InChI is InChI=1S/C22H27N5O2/c28-21(23-14-13-20-26-25-19-4-2-1-3-15-27(19)20)12-7-16-5-8-17(9-6-16)22(29)24-18-10-11-18/h5-9,12,18H,1-4,10-11,13-15H2,(H,23,28)(H,24,29)/b12-7+. The second-order valence-electron chi connectivity index (χ2n) is 7.74. The molecule has 7 nitrogen and oxygen atoms in total. The molecule has 0 unspecified atom stereocenters. The number of amides is 2. The molecule has 0 spiro atoms. The Bertz CT molecular complexity index is 896. The van der Waals surface area contributed by atoms with Crippen molar-refractivity contribution in [3.63, 3.8) is 0 Å². The topological polar surface area (TPSA) is 88.9 Å². The monoisotopic (exact) mass is 393 g/mol. The Morgan fingerprint density at radius 3 is 2.72 bits per heavy atom. The highest BCUT2D eigenvalue weighted by Gasteiger charge is 2.23. The van der Waals surface area contributed by atoms with Crippen molar-refractivity contribution in [3.05, 3.63) is 53.1 Å². The van der Waals surface area contributed by atoms with E-state index in [1.165, 1.54) is 18.9 Å². The van der Waals surface area contributed by atoms with Gasteiger partial charge in [-0.05, 0) is 49.5 Å². The van der Waals surface area contributed by atoms with Gasteiger partial charge in [0.15, 0.2) is 0 Å². The van der Waals surface area contributed by atoms with E-state index in [-0.39, 0.29) is 11.8 Å². The van der Waals surface area contributed by atoms with Gasteiger partial charge in [0.2, 0.25) is 5.91 Å². The minimum Gasteiger partial charge on any atom is -0.352 e. The number of aryl methyl sites for hydroxylation is 1. The lowest BCUT2D eigenvalue weighted by molar-refractivity contribution is -0.116. The average molecular weight is 393 g/mol. The smallest absolute Gasteiger partial charge is 0.251 e. The van der Waals surface area contributed by atoms with E-state index in [2.05, 4.69) is 25.4 Å². The first-order valence-corrected chi connectivity index (χ1v) is 10.5. The molecule has 0 bridgehead atoms. The number of nitrogens with one attached hydrogen (secondary N) is 2. The van der Waals surface area contributed by atoms with Crippen molar-refractivity contribution in [2.45, 2.75) is 57.5 Å². The van der Waals surface area contributed by atoms with Crippen molar-refractivity contribution in [2.75, 3.05) is 6.54 Å². The first-order valence-electron chi connectivity index (χ1n) is 10.5. The molecule has 0 radical (unpaired) electrons. The maximum Gasteiger partial charge on any atom is 0.251 e. The second kappa shape index (κ2) is 9.03. The van der Waals surface area contributed by atoms with Crippen molar-refractivity contribution in [1.29, 1.82) is 0 Å². The molecule has 1 saturated carbocycles. The largest absolute Gasteiger partial charge is 0.352 e. The molecule has 4 rings (SSSR count). The summed E-state index contributed by atoms with van der Waals surface area (Å²) in [5, 5.41) is 14.4. The quantitative estimate of drug-likeness (QED) is 0.706. The van der Waals surface area contributed by atoms with E-state index in [0.29, 0.717) is 24.6 Å². The number of carbonyl (C=O) groups excluding carboxylic acids is 2. The van der Waals surface area contributed by atoms with Gasteiger partial charge in [0.25, 0.3) is 5.91 Å². The predicted molar refractivity (Wildman–Crippen MR) is 110 cm³/mol. The second-order valence-corrected chi connectivity index (χ2v) is 7.74. The highest BCUT2D eigenvalue weighted by atomic mass is 16.2. The van der Waals surface area contributed by atoms with Crippen LogP contribution in [0.2, 0.25) is 0 Å². The summed E-state index contributed by atoms with van der Waals surface area (Å²) in [6.45, 7) is 1.50. The molecule has 1 aliphatic carbocycles. The van der Waals surface area contributed by atoms with Crippen LogP contribution in [0.1, 0.15) is 59.7 Å². The highest BCUT2D eigenvalue weighted by molar-refractivity contribution is 5.95. The number of benzene rings is 1. The first kappa shape index (κ1) is 19.4. The van der Waals surface area contributed by atoms with E-state index < -0.39 is 0 Å². The fourth-order valence-electron chi connectivity index (χ4n) is 3.50. The molecule has 2 N–H and O–H groups in total. The predicted octanol–water partition coefficient (Wildman–Crippen LogP) is 2.27. The molecule has 2 aliphatic rings. The van der Waals surface area contributed by atoms with Gasteiger partial charge in [-0.1, -0.05) is 18.6 Å². The van der Waals surface area contributed by atoms with Gasteiger partial charge < -0.3 is 15.2 Å². The van der Waals surface area contributed by atoms with Gasteiger partial charge in [0.05, 0.1) is 0 Å². The molecule has 1 aliphatic heterocycles. The van der Waals surface area contributed by atoms with Crippen LogP contribution >= 0.6 is 0 Å². The normalized spacial score (nSPS) is 16.3. The zero-order valence-electron chi connectivity index (χ0n) is 16.6. The number of rotatable bonds is 7. The van der Waals surface area contributed by atoms with Crippen LogP contribution in [0, 0.1) is 0 Å². The molecular formula is C22H27N5O2. The van der Waals surface area contributed by atoms with Gasteiger partial charge >= 0.3 is 0 Å². The molecule has 2 heterocycles. The average Bonchev–Trinajstić information content (AvgIpc) is 3.51. The summed E-state index contributed by atoms with van der Waals surface area (Å²) >= 11 is 0. The Morgan fingerprint density at radius 1 is 1.10 bits per heavy atom. The van der Waals surface area contributed by atoms with Gasteiger partial charge in [-0.25, -0.2) is 0 Å². The number of carbonyl (C=O) groups is 2. The number of hydrogen-bond donors (Lipinski definition) is 2. The molecule has 7 heteroatoms. The van der Waals surface area contributed by atoms with Gasteiger partial charge in [0, 0.05) is 43.6 Å². The van der Waals surface area contributed by atoms with Crippen molar-refractivity contribution >= 4 is 17.9 Å². The van der Waals surface area contributed by atoms with E-state index in [0.717, 1.165) is 49.4 Å². The first-order chi connectivity index (χ1) is 14.2.